The normalized spacial score (nSPS) is 36.0. The molecule has 1 aromatic rings. The van der Waals surface area contributed by atoms with E-state index in [0.717, 1.165) is 0 Å². The van der Waals surface area contributed by atoms with Crippen LogP contribution in [0.5, 0.6) is 5.75 Å². The number of benzene rings is 1. The van der Waals surface area contributed by atoms with Crippen molar-refractivity contribution in [2.45, 2.75) is 30.3 Å². The van der Waals surface area contributed by atoms with Crippen molar-refractivity contribution >= 4 is 23.2 Å². The Bertz CT molecular complexity index is 1180. The largest absolute Gasteiger partial charge is 0.508 e. The number of ketones is 2. The first-order valence-electron chi connectivity index (χ1n) is 10.1. The highest BCUT2D eigenvalue weighted by atomic mass is 16.4. The van der Waals surface area contributed by atoms with Crippen LogP contribution in [0.1, 0.15) is 18.1 Å². The fourth-order valence-corrected chi connectivity index (χ4v) is 5.60. The molecule has 0 unspecified atom stereocenters. The van der Waals surface area contributed by atoms with Gasteiger partial charge in [-0.25, -0.2) is 0 Å². The van der Waals surface area contributed by atoms with Crippen LogP contribution in [0.15, 0.2) is 35.1 Å². The summed E-state index contributed by atoms with van der Waals surface area (Å²) < 4.78 is 0. The molecule has 11 heteroatoms. The van der Waals surface area contributed by atoms with Crippen LogP contribution in [-0.2, 0) is 20.0 Å². The second-order valence-corrected chi connectivity index (χ2v) is 9.06. The van der Waals surface area contributed by atoms with E-state index in [9.17, 15) is 45.0 Å². The molecule has 3 aliphatic rings. The Morgan fingerprint density at radius 3 is 2.27 bits per heavy atom. The summed E-state index contributed by atoms with van der Waals surface area (Å²) in [4.78, 5) is 39.9. The Balaban J connectivity index is 2.11. The molecule has 3 aliphatic carbocycles. The summed E-state index contributed by atoms with van der Waals surface area (Å²) in [5.41, 5.74) is -1.78. The van der Waals surface area contributed by atoms with Gasteiger partial charge in [-0.2, -0.15) is 0 Å². The minimum absolute atomic E-state index is 0.00664. The second-order valence-electron chi connectivity index (χ2n) is 9.06. The molecule has 0 aromatic heterocycles. The number of phenols is 1. The summed E-state index contributed by atoms with van der Waals surface area (Å²) in [5.74, 6) is -9.67. The first kappa shape index (κ1) is 22.9. The highest BCUT2D eigenvalue weighted by Crippen LogP contribution is 2.57. The van der Waals surface area contributed by atoms with Gasteiger partial charge in [0, 0.05) is 0 Å². The molecule has 1 fully saturated rings. The van der Waals surface area contributed by atoms with E-state index in [4.69, 9.17) is 5.73 Å². The van der Waals surface area contributed by atoms with E-state index in [-0.39, 0.29) is 11.1 Å². The monoisotopic (exact) mass is 460 g/mol. The van der Waals surface area contributed by atoms with E-state index in [1.807, 2.05) is 0 Å². The van der Waals surface area contributed by atoms with Crippen molar-refractivity contribution < 1.29 is 45.0 Å². The first-order chi connectivity index (χ1) is 15.2. The quantitative estimate of drug-likeness (QED) is 0.257. The molecule has 11 nitrogen and oxygen atoms in total. The number of nitrogens with zero attached hydrogens (tertiary/aromatic N) is 1. The number of rotatable bonds is 2. The number of aliphatic hydroxyl groups is 5. The van der Waals surface area contributed by atoms with Crippen LogP contribution in [0.2, 0.25) is 0 Å². The zero-order valence-electron chi connectivity index (χ0n) is 18.0. The highest BCUT2D eigenvalue weighted by Gasteiger charge is 2.70. The van der Waals surface area contributed by atoms with Crippen molar-refractivity contribution in [1.82, 2.24) is 4.90 Å². The number of hydrogen-bond acceptors (Lipinski definition) is 10. The second kappa shape index (κ2) is 6.87. The van der Waals surface area contributed by atoms with E-state index in [2.05, 4.69) is 0 Å². The van der Waals surface area contributed by atoms with Crippen LogP contribution in [0, 0.1) is 11.8 Å². The first-order valence-corrected chi connectivity index (χ1v) is 10.1. The van der Waals surface area contributed by atoms with E-state index in [1.54, 1.807) is 0 Å². The molecular formula is C22H24N2O9. The summed E-state index contributed by atoms with van der Waals surface area (Å²) in [6, 6.07) is 2.50. The number of Topliss-reactive ketones (excluding diaryl/α,β-unsaturated/α-hetero) is 2. The Labute approximate surface area is 187 Å². The molecule has 6 atom stereocenters. The van der Waals surface area contributed by atoms with Gasteiger partial charge in [0.1, 0.15) is 22.8 Å². The average molecular weight is 460 g/mol. The molecule has 4 rings (SSSR count). The molecule has 33 heavy (non-hydrogen) atoms. The third kappa shape index (κ3) is 2.61. The maximum absolute atomic E-state index is 13.7. The third-order valence-corrected chi connectivity index (χ3v) is 7.03. The molecule has 0 aliphatic heterocycles. The molecule has 1 saturated carbocycles. The van der Waals surface area contributed by atoms with E-state index >= 15 is 0 Å². The van der Waals surface area contributed by atoms with E-state index in [0.29, 0.717) is 0 Å². The number of amides is 1. The number of hydrogen-bond donors (Lipinski definition) is 7. The summed E-state index contributed by atoms with van der Waals surface area (Å²) in [6.45, 7) is 1.25. The van der Waals surface area contributed by atoms with Crippen molar-refractivity contribution in [3.8, 4) is 5.75 Å². The van der Waals surface area contributed by atoms with Gasteiger partial charge < -0.3 is 36.4 Å². The van der Waals surface area contributed by atoms with Gasteiger partial charge >= 0.3 is 0 Å². The van der Waals surface area contributed by atoms with E-state index in [1.165, 1.54) is 44.1 Å². The van der Waals surface area contributed by atoms with Crippen LogP contribution in [0.4, 0.5) is 0 Å². The summed E-state index contributed by atoms with van der Waals surface area (Å²) in [7, 11) is 2.80. The Kier molecular flexibility index (Phi) is 4.78. The van der Waals surface area contributed by atoms with Crippen LogP contribution in [0.3, 0.4) is 0 Å². The SMILES string of the molecule is CN(C)[C@@H]1C(=O)C(C(N)=O)=C(O)[C@@]2(O)C(=O)C3=C(O)c4c(O)cccc4[C@](C)(O)[C@H]3[C@H](O)[C@H]12. The molecule has 0 saturated heterocycles. The number of likely N-dealkylation sites (N-methyl/N-ethyl adjacent to an activating group) is 1. The maximum atomic E-state index is 13.7. The minimum Gasteiger partial charge on any atom is -0.508 e. The fourth-order valence-electron chi connectivity index (χ4n) is 5.60. The van der Waals surface area contributed by atoms with Crippen molar-refractivity contribution in [3.63, 3.8) is 0 Å². The van der Waals surface area contributed by atoms with Crippen molar-refractivity contribution in [2.24, 2.45) is 17.6 Å². The summed E-state index contributed by atoms with van der Waals surface area (Å²) >= 11 is 0. The van der Waals surface area contributed by atoms with Crippen LogP contribution in [-0.4, -0.2) is 84.9 Å². The molecule has 1 aromatic carbocycles. The van der Waals surface area contributed by atoms with Crippen LogP contribution in [0.25, 0.3) is 5.76 Å². The molecule has 0 bridgehead atoms. The van der Waals surface area contributed by atoms with Crippen LogP contribution < -0.4 is 5.73 Å². The standard InChI is InChI=1S/C22H24N2O9/c1-21(32)7-5-4-6-8(25)9(7)15(26)10-12(21)17(28)13-14(24(2)3)16(27)11(20(23)31)19(30)22(13,33)18(10)29/h4-6,12-14,17,25-26,28,30,32-33H,1-3H3,(H2,23,31)/t12-,13+,14+,17+,21+,22+/m1/s1. The molecule has 0 heterocycles. The van der Waals surface area contributed by atoms with Crippen molar-refractivity contribution in [2.75, 3.05) is 14.1 Å². The van der Waals surface area contributed by atoms with Gasteiger partial charge in [0.2, 0.25) is 5.78 Å². The van der Waals surface area contributed by atoms with Crippen molar-refractivity contribution in [3.05, 3.63) is 46.2 Å². The third-order valence-electron chi connectivity index (χ3n) is 7.03. The lowest BCUT2D eigenvalue weighted by molar-refractivity contribution is -0.181. The number of aromatic hydroxyl groups is 1. The number of phenolic OH excluding ortho intramolecular Hbond substituents is 1. The predicted molar refractivity (Wildman–Crippen MR) is 112 cm³/mol. The molecule has 0 spiro atoms. The van der Waals surface area contributed by atoms with Gasteiger partial charge in [0.15, 0.2) is 11.4 Å². The van der Waals surface area contributed by atoms with Gasteiger partial charge in [-0.15, -0.1) is 0 Å². The average Bonchev–Trinajstić information content (AvgIpc) is 2.70. The number of primary amides is 1. The number of nitrogens with two attached hydrogens (primary N) is 1. The maximum Gasteiger partial charge on any atom is 0.255 e. The summed E-state index contributed by atoms with van der Waals surface area (Å²) in [6.07, 6.45) is -1.87. The Morgan fingerprint density at radius 2 is 1.73 bits per heavy atom. The smallest absolute Gasteiger partial charge is 0.255 e. The van der Waals surface area contributed by atoms with Gasteiger partial charge in [-0.05, 0) is 32.6 Å². The summed E-state index contributed by atoms with van der Waals surface area (Å²) in [5, 5.41) is 66.3. The zero-order chi connectivity index (χ0) is 24.8. The fraction of sp³-hybridized carbons (Fsp3) is 0.409. The van der Waals surface area contributed by atoms with Gasteiger partial charge in [-0.3, -0.25) is 19.3 Å². The van der Waals surface area contributed by atoms with E-state index < -0.39 is 81.1 Å². The lowest BCUT2D eigenvalue weighted by atomic mass is 9.53. The topological polar surface area (TPSA) is 202 Å². The van der Waals surface area contributed by atoms with Gasteiger partial charge in [-0.1, -0.05) is 12.1 Å². The Morgan fingerprint density at radius 1 is 1.12 bits per heavy atom. The minimum atomic E-state index is -3.02. The zero-order valence-corrected chi connectivity index (χ0v) is 18.0. The van der Waals surface area contributed by atoms with Crippen molar-refractivity contribution in [1.29, 1.82) is 0 Å². The lowest BCUT2D eigenvalue weighted by Crippen LogP contribution is -2.71. The Hall–Kier alpha value is -3.25. The number of fused-ring (bicyclic) bond motifs is 3. The molecule has 8 N–H and O–H groups in total. The number of aliphatic hydroxyl groups excluding tert-OH is 3. The van der Waals surface area contributed by atoms with Crippen LogP contribution >= 0.6 is 0 Å². The lowest BCUT2D eigenvalue weighted by Gasteiger charge is -2.55. The molecular weight excluding hydrogens is 436 g/mol. The number of carbonyl (C=O) groups is 3. The molecule has 0 radical (unpaired) electrons. The number of carbonyl (C=O) groups excluding carboxylic acids is 3. The molecule has 1 amide bonds. The van der Waals surface area contributed by atoms with Gasteiger partial charge in [0.25, 0.3) is 5.91 Å². The highest BCUT2D eigenvalue weighted by molar-refractivity contribution is 6.24. The van der Waals surface area contributed by atoms with Gasteiger partial charge in [0.05, 0.1) is 40.7 Å². The molecule has 176 valence electrons. The predicted octanol–water partition coefficient (Wildman–Crippen LogP) is -1.40.